The number of rotatable bonds is 18. The van der Waals surface area contributed by atoms with Crippen LogP contribution in [0.4, 0.5) is 0 Å². The summed E-state index contributed by atoms with van der Waals surface area (Å²) in [6.07, 6.45) is 1.44. The highest BCUT2D eigenvalue weighted by Gasteiger charge is 2.32. The van der Waals surface area contributed by atoms with Gasteiger partial charge in [-0.25, -0.2) is 4.79 Å². The molecule has 1 aromatic heterocycles. The van der Waals surface area contributed by atoms with Crippen molar-refractivity contribution >= 4 is 46.5 Å². The third-order valence-corrected chi connectivity index (χ3v) is 6.34. The molecule has 0 bridgehead atoms. The van der Waals surface area contributed by atoms with E-state index in [-0.39, 0.29) is 19.3 Å². The summed E-state index contributed by atoms with van der Waals surface area (Å²) in [4.78, 5) is 76.5. The smallest absolute Gasteiger partial charge is 0.326 e. The van der Waals surface area contributed by atoms with Crippen LogP contribution in [0, 0.1) is 0 Å². The topological polar surface area (TPSA) is 273 Å². The lowest BCUT2D eigenvalue weighted by Crippen LogP contribution is -2.58. The first-order chi connectivity index (χ1) is 19.4. The Labute approximate surface area is 235 Å². The molecule has 0 saturated heterocycles. The van der Waals surface area contributed by atoms with Gasteiger partial charge in [0.2, 0.25) is 23.6 Å². The molecule has 4 atom stereocenters. The van der Waals surface area contributed by atoms with Gasteiger partial charge in [0.15, 0.2) is 0 Å². The van der Waals surface area contributed by atoms with Gasteiger partial charge in [0.1, 0.15) is 18.1 Å². The number of benzene rings is 1. The molecule has 2 aromatic rings. The molecule has 0 saturated carbocycles. The lowest BCUT2D eigenvalue weighted by Gasteiger charge is -2.24. The van der Waals surface area contributed by atoms with Crippen molar-refractivity contribution in [3.63, 3.8) is 0 Å². The van der Waals surface area contributed by atoms with Crippen molar-refractivity contribution in [1.82, 2.24) is 20.9 Å². The summed E-state index contributed by atoms with van der Waals surface area (Å²) in [5.74, 6) is -6.26. The molecule has 0 radical (unpaired) electrons. The number of hydrogen-bond acceptors (Lipinski definition) is 8. The van der Waals surface area contributed by atoms with Crippen LogP contribution in [0.1, 0.15) is 44.1 Å². The molecule has 15 heteroatoms. The van der Waals surface area contributed by atoms with Gasteiger partial charge in [-0.05, 0) is 37.4 Å². The lowest BCUT2D eigenvalue weighted by atomic mass is 10.0. The maximum absolute atomic E-state index is 13.1. The van der Waals surface area contributed by atoms with Gasteiger partial charge in [0.05, 0.1) is 12.5 Å². The van der Waals surface area contributed by atoms with Crippen LogP contribution in [0.25, 0.3) is 10.9 Å². The number of carbonyl (C=O) groups excluding carboxylic acids is 4. The molecule has 12 N–H and O–H groups in total. The van der Waals surface area contributed by atoms with Crippen molar-refractivity contribution in [2.75, 3.05) is 6.54 Å². The van der Waals surface area contributed by atoms with E-state index < -0.39 is 72.6 Å². The van der Waals surface area contributed by atoms with E-state index >= 15 is 0 Å². The van der Waals surface area contributed by atoms with Crippen LogP contribution in [0.3, 0.4) is 0 Å². The molecule has 1 heterocycles. The zero-order valence-corrected chi connectivity index (χ0v) is 22.4. The highest BCUT2D eigenvalue weighted by molar-refractivity contribution is 5.96. The summed E-state index contributed by atoms with van der Waals surface area (Å²) in [7, 11) is 0. The fourth-order valence-corrected chi connectivity index (χ4v) is 4.13. The fourth-order valence-electron chi connectivity index (χ4n) is 4.13. The highest BCUT2D eigenvalue weighted by Crippen LogP contribution is 2.19. The zero-order valence-electron chi connectivity index (χ0n) is 22.4. The molecule has 0 aliphatic heterocycles. The number of nitrogens with two attached hydrogens (primary N) is 3. The summed E-state index contributed by atoms with van der Waals surface area (Å²) in [5, 5.41) is 26.6. The maximum atomic E-state index is 13.1. The second-order valence-electron chi connectivity index (χ2n) is 9.58. The third kappa shape index (κ3) is 10.5. The molecule has 1 aromatic carbocycles. The Morgan fingerprint density at radius 3 is 2.12 bits per heavy atom. The minimum absolute atomic E-state index is 0.109. The number of H-pyrrole nitrogens is 1. The summed E-state index contributed by atoms with van der Waals surface area (Å²) in [6.45, 7) is 0.409. The minimum Gasteiger partial charge on any atom is -0.481 e. The number of aromatic nitrogens is 1. The summed E-state index contributed by atoms with van der Waals surface area (Å²) >= 11 is 0. The Kier molecular flexibility index (Phi) is 12.7. The molecule has 15 nitrogen and oxygen atoms in total. The van der Waals surface area contributed by atoms with E-state index in [0.29, 0.717) is 24.9 Å². The first kappa shape index (κ1) is 32.7. The zero-order chi connectivity index (χ0) is 30.5. The molecule has 0 fully saturated rings. The van der Waals surface area contributed by atoms with Crippen LogP contribution in [0.5, 0.6) is 0 Å². The van der Waals surface area contributed by atoms with Crippen LogP contribution < -0.4 is 33.2 Å². The van der Waals surface area contributed by atoms with Gasteiger partial charge in [-0.15, -0.1) is 0 Å². The first-order valence-electron chi connectivity index (χ1n) is 13.1. The molecule has 41 heavy (non-hydrogen) atoms. The van der Waals surface area contributed by atoms with Gasteiger partial charge in [0, 0.05) is 29.9 Å². The standard InChI is InChI=1S/C26H37N7O8/c27-10-4-3-6-16(28)23(37)31-18(8-9-22(35)36)24(38)32-19(12-21(29)34)25(39)33-20(26(40)41)11-14-13-30-17-7-2-1-5-15(14)17/h1-2,5,7,13,16,18-20,30H,3-4,6,8-12,27-28H2,(H2,29,34)(H,31,37)(H,32,38)(H,33,39)(H,35,36)(H,40,41). The Hall–Kier alpha value is -4.50. The second-order valence-corrected chi connectivity index (χ2v) is 9.58. The molecule has 224 valence electrons. The molecular weight excluding hydrogens is 538 g/mol. The largest absolute Gasteiger partial charge is 0.481 e. The van der Waals surface area contributed by atoms with Crippen molar-refractivity contribution in [3.8, 4) is 0 Å². The van der Waals surface area contributed by atoms with E-state index in [0.717, 1.165) is 10.9 Å². The number of carbonyl (C=O) groups is 6. The Bertz CT molecular complexity index is 1250. The summed E-state index contributed by atoms with van der Waals surface area (Å²) in [6, 6.07) is 1.73. The monoisotopic (exact) mass is 575 g/mol. The lowest BCUT2D eigenvalue weighted by molar-refractivity contribution is -0.142. The number of amides is 4. The van der Waals surface area contributed by atoms with Crippen LogP contribution >= 0.6 is 0 Å². The number of carboxylic acids is 2. The molecule has 4 amide bonds. The van der Waals surface area contributed by atoms with Crippen molar-refractivity contribution in [3.05, 3.63) is 36.0 Å². The molecule has 0 spiro atoms. The summed E-state index contributed by atoms with van der Waals surface area (Å²) < 4.78 is 0. The first-order valence-corrected chi connectivity index (χ1v) is 13.1. The minimum atomic E-state index is -1.60. The van der Waals surface area contributed by atoms with Crippen LogP contribution in [-0.4, -0.2) is 81.5 Å². The molecule has 0 aliphatic rings. The van der Waals surface area contributed by atoms with Gasteiger partial charge in [-0.2, -0.15) is 0 Å². The molecule has 4 unspecified atom stereocenters. The predicted octanol–water partition coefficient (Wildman–Crippen LogP) is -1.55. The number of unbranched alkanes of at least 4 members (excludes halogenated alkanes) is 1. The van der Waals surface area contributed by atoms with Crippen LogP contribution in [0.15, 0.2) is 30.5 Å². The number of para-hydroxylation sites is 1. The number of fused-ring (bicyclic) bond motifs is 1. The SMILES string of the molecule is NCCCCC(N)C(=O)NC(CCC(=O)O)C(=O)NC(CC(N)=O)C(=O)NC(Cc1c[nH]c2ccccc12)C(=O)O. The Balaban J connectivity index is 2.17. The van der Waals surface area contributed by atoms with Crippen LogP contribution in [0.2, 0.25) is 0 Å². The Morgan fingerprint density at radius 1 is 0.854 bits per heavy atom. The molecule has 2 rings (SSSR count). The average Bonchev–Trinajstić information content (AvgIpc) is 3.32. The van der Waals surface area contributed by atoms with E-state index in [1.807, 2.05) is 0 Å². The number of primary amides is 1. The number of aromatic amines is 1. The van der Waals surface area contributed by atoms with Crippen molar-refractivity contribution < 1.29 is 39.0 Å². The van der Waals surface area contributed by atoms with Gasteiger partial charge in [-0.3, -0.25) is 24.0 Å². The normalized spacial score (nSPS) is 13.9. The van der Waals surface area contributed by atoms with Gasteiger partial charge >= 0.3 is 11.9 Å². The average molecular weight is 576 g/mol. The van der Waals surface area contributed by atoms with Crippen molar-refractivity contribution in [2.45, 2.75) is 69.1 Å². The molecule has 0 aliphatic carbocycles. The Morgan fingerprint density at radius 2 is 1.49 bits per heavy atom. The quantitative estimate of drug-likeness (QED) is 0.0922. The van der Waals surface area contributed by atoms with E-state index in [1.165, 1.54) is 0 Å². The number of hydrogen-bond donors (Lipinski definition) is 9. The second kappa shape index (κ2) is 15.9. The van der Waals surface area contributed by atoms with E-state index in [1.54, 1.807) is 30.5 Å². The van der Waals surface area contributed by atoms with Crippen molar-refractivity contribution in [1.29, 1.82) is 0 Å². The predicted molar refractivity (Wildman–Crippen MR) is 147 cm³/mol. The number of nitrogens with one attached hydrogen (secondary N) is 4. The maximum Gasteiger partial charge on any atom is 0.326 e. The fraction of sp³-hybridized carbons (Fsp3) is 0.462. The van der Waals surface area contributed by atoms with E-state index in [2.05, 4.69) is 20.9 Å². The van der Waals surface area contributed by atoms with Gasteiger partial charge < -0.3 is 48.3 Å². The van der Waals surface area contributed by atoms with E-state index in [9.17, 15) is 33.9 Å². The summed E-state index contributed by atoms with van der Waals surface area (Å²) in [5.41, 5.74) is 17.9. The third-order valence-electron chi connectivity index (χ3n) is 6.34. The van der Waals surface area contributed by atoms with Gasteiger partial charge in [0.25, 0.3) is 0 Å². The van der Waals surface area contributed by atoms with Crippen molar-refractivity contribution in [2.24, 2.45) is 17.2 Å². The number of aliphatic carboxylic acids is 2. The highest BCUT2D eigenvalue weighted by atomic mass is 16.4. The number of carboxylic acid groups (broad SMARTS) is 2. The molecular formula is C26H37N7O8. The van der Waals surface area contributed by atoms with Gasteiger partial charge in [-0.1, -0.05) is 24.6 Å². The van der Waals surface area contributed by atoms with Crippen LogP contribution in [-0.2, 0) is 35.2 Å². The van der Waals surface area contributed by atoms with E-state index in [4.69, 9.17) is 22.3 Å².